The zero-order chi connectivity index (χ0) is 23.9. The molecule has 0 aliphatic heterocycles. The van der Waals surface area contributed by atoms with E-state index in [0.29, 0.717) is 23.2 Å². The second-order valence-electron chi connectivity index (χ2n) is 8.63. The topological polar surface area (TPSA) is 125 Å². The van der Waals surface area contributed by atoms with Crippen LogP contribution in [0.5, 0.6) is 5.75 Å². The van der Waals surface area contributed by atoms with Crippen molar-refractivity contribution in [1.29, 1.82) is 0 Å². The van der Waals surface area contributed by atoms with Gasteiger partial charge in [0.05, 0.1) is 22.1 Å². The van der Waals surface area contributed by atoms with E-state index in [0.717, 1.165) is 47.8 Å². The number of nitrogens with one attached hydrogen (secondary N) is 1. The minimum Gasteiger partial charge on any atom is -0.440 e. The maximum atomic E-state index is 12.3. The number of ether oxygens (including phenoxy) is 1. The zero-order valence-corrected chi connectivity index (χ0v) is 19.5. The predicted octanol–water partition coefficient (Wildman–Crippen LogP) is 4.52. The number of nitrogen functional groups attached to an aromatic ring is 1. The number of benzene rings is 2. The largest absolute Gasteiger partial charge is 0.440 e. The first-order valence-electron chi connectivity index (χ1n) is 11.2. The van der Waals surface area contributed by atoms with Gasteiger partial charge in [-0.1, -0.05) is 12.1 Å². The van der Waals surface area contributed by atoms with Crippen LogP contribution in [0.15, 0.2) is 72.2 Å². The lowest BCUT2D eigenvalue weighted by Crippen LogP contribution is -2.17. The number of anilines is 2. The van der Waals surface area contributed by atoms with E-state index < -0.39 is 10.0 Å². The first-order valence-corrected chi connectivity index (χ1v) is 12.7. The normalized spacial score (nSPS) is 16.5. The van der Waals surface area contributed by atoms with E-state index >= 15 is 0 Å². The molecule has 2 saturated carbocycles. The number of fused-ring (bicyclic) bond motifs is 1. The summed E-state index contributed by atoms with van der Waals surface area (Å²) in [6.45, 7) is 3.82. The summed E-state index contributed by atoms with van der Waals surface area (Å²) in [5.74, 6) is 0.863. The van der Waals surface area contributed by atoms with Gasteiger partial charge in [0.25, 0.3) is 0 Å². The summed E-state index contributed by atoms with van der Waals surface area (Å²) in [5, 5.41) is 0.670. The van der Waals surface area contributed by atoms with Gasteiger partial charge < -0.3 is 20.8 Å². The van der Waals surface area contributed by atoms with E-state index in [2.05, 4.69) is 20.9 Å². The first kappa shape index (κ1) is 22.1. The number of hydrogen-bond donors (Lipinski definition) is 3. The molecule has 9 heteroatoms. The molecule has 34 heavy (non-hydrogen) atoms. The lowest BCUT2D eigenvalue weighted by molar-refractivity contribution is 0.425. The van der Waals surface area contributed by atoms with Crippen LogP contribution in [-0.2, 0) is 10.0 Å². The van der Waals surface area contributed by atoms with Crippen molar-refractivity contribution in [2.75, 3.05) is 10.5 Å². The highest BCUT2D eigenvalue weighted by Crippen LogP contribution is 2.47. The van der Waals surface area contributed by atoms with Gasteiger partial charge in [-0.2, -0.15) is 0 Å². The highest BCUT2D eigenvalue weighted by atomic mass is 32.2. The van der Waals surface area contributed by atoms with Crippen molar-refractivity contribution in [2.24, 2.45) is 10.7 Å². The molecular formula is C25H27N5O3S. The van der Waals surface area contributed by atoms with Crippen LogP contribution in [-0.4, -0.2) is 24.4 Å². The molecule has 5 N–H and O–H groups in total. The van der Waals surface area contributed by atoms with E-state index in [-0.39, 0.29) is 11.1 Å². The van der Waals surface area contributed by atoms with Crippen molar-refractivity contribution in [3.8, 4) is 17.0 Å². The highest BCUT2D eigenvalue weighted by Gasteiger charge is 2.35. The molecule has 0 unspecified atom stereocenters. The third kappa shape index (κ3) is 4.38. The third-order valence-electron chi connectivity index (χ3n) is 5.96. The second-order valence-corrected chi connectivity index (χ2v) is 10.6. The monoisotopic (exact) mass is 477 g/mol. The van der Waals surface area contributed by atoms with Gasteiger partial charge in [0.2, 0.25) is 15.9 Å². The Balaban J connectivity index is 1.48. The molecule has 1 aromatic heterocycles. The number of aliphatic imine (C=N–C) groups is 1. The maximum Gasteiger partial charge on any atom is 0.235 e. The van der Waals surface area contributed by atoms with Gasteiger partial charge in [-0.3, -0.25) is 4.72 Å². The van der Waals surface area contributed by atoms with Crippen molar-refractivity contribution in [1.82, 2.24) is 4.57 Å². The summed E-state index contributed by atoms with van der Waals surface area (Å²) >= 11 is 0. The van der Waals surface area contributed by atoms with E-state index in [9.17, 15) is 8.42 Å². The molecule has 2 aliphatic rings. The first-order chi connectivity index (χ1) is 16.4. The van der Waals surface area contributed by atoms with Crippen molar-refractivity contribution in [3.63, 3.8) is 0 Å². The summed E-state index contributed by atoms with van der Waals surface area (Å²) in [7, 11) is -3.30. The van der Waals surface area contributed by atoms with Gasteiger partial charge in [0.15, 0.2) is 0 Å². The fourth-order valence-electron chi connectivity index (χ4n) is 4.05. The number of rotatable bonds is 9. The molecule has 5 rings (SSSR count). The van der Waals surface area contributed by atoms with Gasteiger partial charge in [0, 0.05) is 35.0 Å². The molecule has 0 amide bonds. The maximum absolute atomic E-state index is 12.3. The quantitative estimate of drug-likeness (QED) is 0.309. The van der Waals surface area contributed by atoms with Crippen LogP contribution in [0, 0.1) is 0 Å². The van der Waals surface area contributed by atoms with E-state index in [1.54, 1.807) is 18.2 Å². The molecule has 2 fully saturated rings. The van der Waals surface area contributed by atoms with Gasteiger partial charge in [-0.05, 0) is 68.8 Å². The smallest absolute Gasteiger partial charge is 0.235 e. The van der Waals surface area contributed by atoms with E-state index in [4.69, 9.17) is 16.2 Å². The summed E-state index contributed by atoms with van der Waals surface area (Å²) in [6, 6.07) is 13.5. The van der Waals surface area contributed by atoms with Crippen LogP contribution in [0.4, 0.5) is 11.4 Å². The third-order valence-corrected chi connectivity index (χ3v) is 7.83. The number of nitrogens with zero attached hydrogens (tertiary/aromatic N) is 2. The Morgan fingerprint density at radius 2 is 1.88 bits per heavy atom. The summed E-state index contributed by atoms with van der Waals surface area (Å²) in [5.41, 5.74) is 16.0. The fraction of sp³-hybridized carbons (Fsp3) is 0.240. The molecule has 0 spiro atoms. The van der Waals surface area contributed by atoms with Gasteiger partial charge in [-0.15, -0.1) is 0 Å². The Bertz CT molecular complexity index is 1410. The molecule has 0 radical (unpaired) electrons. The Hall–Kier alpha value is -3.72. The number of nitrogens with two attached hydrogens (primary N) is 2. The van der Waals surface area contributed by atoms with Gasteiger partial charge >= 0.3 is 0 Å². The summed E-state index contributed by atoms with van der Waals surface area (Å²) < 4.78 is 35.2. The molecule has 1 heterocycles. The minimum atomic E-state index is -3.30. The number of hydrogen-bond acceptors (Lipinski definition) is 6. The fourth-order valence-corrected chi connectivity index (χ4v) is 5.43. The van der Waals surface area contributed by atoms with Crippen molar-refractivity contribution < 1.29 is 13.2 Å². The molecule has 0 atom stereocenters. The van der Waals surface area contributed by atoms with Crippen molar-refractivity contribution in [2.45, 2.75) is 37.0 Å². The Morgan fingerprint density at radius 1 is 1.15 bits per heavy atom. The molecule has 0 bridgehead atoms. The van der Waals surface area contributed by atoms with Gasteiger partial charge in [-0.25, -0.2) is 13.4 Å². The Kier molecular flexibility index (Phi) is 5.57. The zero-order valence-electron chi connectivity index (χ0n) is 18.6. The molecule has 0 saturated heterocycles. The minimum absolute atomic E-state index is 0.249. The van der Waals surface area contributed by atoms with Crippen LogP contribution in [0.2, 0.25) is 0 Å². The molecule has 8 nitrogen and oxygen atoms in total. The number of allylic oxidation sites excluding steroid dienone is 1. The standard InChI is InChI=1S/C25H27N5O3S/c1-16(28-14-2-13-26)33-20-9-12-22-23(15-20)30(19-7-8-19)25(24(22)27)17-3-5-18(6-4-17)29-34(31,32)21-10-11-21/h2-6,9,12-15,19,21,29H,1,7-8,10-11,26-27H2/b13-2-,28-14?. The van der Waals surface area contributed by atoms with Crippen LogP contribution >= 0.6 is 0 Å². The highest BCUT2D eigenvalue weighted by molar-refractivity contribution is 7.93. The summed E-state index contributed by atoms with van der Waals surface area (Å²) in [4.78, 5) is 4.09. The molecule has 2 aromatic carbocycles. The molecule has 2 aliphatic carbocycles. The van der Waals surface area contributed by atoms with Crippen LogP contribution < -0.4 is 20.9 Å². The number of sulfonamides is 1. The second kappa shape index (κ2) is 8.57. The molecular weight excluding hydrogens is 450 g/mol. The van der Waals surface area contributed by atoms with Crippen molar-refractivity contribution in [3.05, 3.63) is 67.2 Å². The summed E-state index contributed by atoms with van der Waals surface area (Å²) in [6.07, 6.45) is 8.07. The molecule has 3 aromatic rings. The number of aromatic nitrogens is 1. The average Bonchev–Trinajstić information content (AvgIpc) is 3.71. The lowest BCUT2D eigenvalue weighted by Gasteiger charge is -2.12. The van der Waals surface area contributed by atoms with Crippen LogP contribution in [0.25, 0.3) is 22.2 Å². The average molecular weight is 478 g/mol. The molecule has 176 valence electrons. The lowest BCUT2D eigenvalue weighted by atomic mass is 10.1. The predicted molar refractivity (Wildman–Crippen MR) is 137 cm³/mol. The SMILES string of the molecule is C=C(N=C/C=C\N)Oc1ccc2c(N)c(-c3ccc(NS(=O)(=O)C4CC4)cc3)n(C3CC3)c2c1. The Morgan fingerprint density at radius 3 is 2.53 bits per heavy atom. The Labute approximate surface area is 198 Å². The van der Waals surface area contributed by atoms with Crippen molar-refractivity contribution >= 4 is 38.5 Å². The van der Waals surface area contributed by atoms with Crippen LogP contribution in [0.3, 0.4) is 0 Å². The van der Waals surface area contributed by atoms with Gasteiger partial charge in [0.1, 0.15) is 5.75 Å². The van der Waals surface area contributed by atoms with E-state index in [1.807, 2.05) is 30.3 Å². The van der Waals surface area contributed by atoms with Crippen LogP contribution in [0.1, 0.15) is 31.7 Å². The van der Waals surface area contributed by atoms with E-state index in [1.165, 1.54) is 12.4 Å².